The molecule has 1 fully saturated rings. The molecule has 0 spiro atoms. The van der Waals surface area contributed by atoms with Crippen LogP contribution in [0.4, 0.5) is 0 Å². The maximum Gasteiger partial charge on any atom is 0.253 e. The first kappa shape index (κ1) is 21.2. The molecule has 0 aliphatic carbocycles. The third kappa shape index (κ3) is 4.47. The van der Waals surface area contributed by atoms with Gasteiger partial charge < -0.3 is 4.90 Å². The summed E-state index contributed by atoms with van der Waals surface area (Å²) in [5.41, 5.74) is 6.45. The van der Waals surface area contributed by atoms with Crippen molar-refractivity contribution in [3.63, 3.8) is 0 Å². The van der Waals surface area contributed by atoms with Gasteiger partial charge in [-0.15, -0.1) is 0 Å². The molecule has 1 saturated heterocycles. The summed E-state index contributed by atoms with van der Waals surface area (Å²) in [6.45, 7) is 3.62. The highest BCUT2D eigenvalue weighted by Crippen LogP contribution is 2.32. The molecular weight excluding hydrogens is 406 g/mol. The number of piperidine rings is 1. The monoisotopic (exact) mass is 435 g/mol. The van der Waals surface area contributed by atoms with Crippen molar-refractivity contribution in [3.05, 3.63) is 102 Å². The van der Waals surface area contributed by atoms with Gasteiger partial charge in [-0.2, -0.15) is 5.10 Å². The van der Waals surface area contributed by atoms with E-state index in [1.54, 1.807) is 0 Å². The molecule has 1 aliphatic heterocycles. The number of aryl methyl sites for hydroxylation is 1. The van der Waals surface area contributed by atoms with E-state index in [0.717, 1.165) is 54.9 Å². The van der Waals surface area contributed by atoms with Crippen molar-refractivity contribution >= 4 is 5.91 Å². The van der Waals surface area contributed by atoms with Crippen LogP contribution in [0, 0.1) is 0 Å². The molecule has 0 unspecified atom stereocenters. The molecule has 4 aromatic rings. The predicted octanol–water partition coefficient (Wildman–Crippen LogP) is 6.26. The van der Waals surface area contributed by atoms with Crippen LogP contribution in [-0.2, 0) is 6.42 Å². The topological polar surface area (TPSA) is 38.1 Å². The number of hydrogen-bond donors (Lipinski definition) is 0. The average Bonchev–Trinajstić information content (AvgIpc) is 3.35. The van der Waals surface area contributed by atoms with Gasteiger partial charge in [0.25, 0.3) is 5.91 Å². The molecule has 0 atom stereocenters. The average molecular weight is 436 g/mol. The summed E-state index contributed by atoms with van der Waals surface area (Å²) in [7, 11) is 0. The van der Waals surface area contributed by atoms with Gasteiger partial charge in [-0.25, -0.2) is 0 Å². The second-order valence-corrected chi connectivity index (χ2v) is 8.67. The van der Waals surface area contributed by atoms with Gasteiger partial charge in [-0.1, -0.05) is 79.7 Å². The van der Waals surface area contributed by atoms with Gasteiger partial charge in [0.05, 0.1) is 17.4 Å². The Morgan fingerprint density at radius 2 is 1.45 bits per heavy atom. The fourth-order valence-corrected chi connectivity index (χ4v) is 4.63. The van der Waals surface area contributed by atoms with Crippen molar-refractivity contribution in [2.75, 3.05) is 13.1 Å². The molecule has 0 saturated carbocycles. The SMILES string of the molecule is CCc1ccc(C(=O)N2CCC(n3nc(-c4ccccc4)cc3-c3ccccc3)CC2)cc1. The summed E-state index contributed by atoms with van der Waals surface area (Å²) >= 11 is 0. The number of likely N-dealkylation sites (tertiary alicyclic amines) is 1. The van der Waals surface area contributed by atoms with Gasteiger partial charge in [0.15, 0.2) is 0 Å². The lowest BCUT2D eigenvalue weighted by Crippen LogP contribution is -2.39. The second kappa shape index (κ2) is 9.45. The fraction of sp³-hybridized carbons (Fsp3) is 0.241. The molecule has 1 aliphatic rings. The van der Waals surface area contributed by atoms with Crippen LogP contribution in [0.2, 0.25) is 0 Å². The second-order valence-electron chi connectivity index (χ2n) is 8.67. The zero-order valence-corrected chi connectivity index (χ0v) is 19.0. The number of hydrogen-bond acceptors (Lipinski definition) is 2. The van der Waals surface area contributed by atoms with E-state index in [-0.39, 0.29) is 11.9 Å². The fourth-order valence-electron chi connectivity index (χ4n) is 4.63. The highest BCUT2D eigenvalue weighted by molar-refractivity contribution is 5.94. The first-order chi connectivity index (χ1) is 16.2. The molecule has 3 aromatic carbocycles. The highest BCUT2D eigenvalue weighted by Gasteiger charge is 2.27. The van der Waals surface area contributed by atoms with Crippen LogP contribution < -0.4 is 0 Å². The number of nitrogens with zero attached hydrogens (tertiary/aromatic N) is 3. The predicted molar refractivity (Wildman–Crippen MR) is 133 cm³/mol. The van der Waals surface area contributed by atoms with E-state index in [4.69, 9.17) is 5.10 Å². The van der Waals surface area contributed by atoms with Gasteiger partial charge >= 0.3 is 0 Å². The smallest absolute Gasteiger partial charge is 0.253 e. The molecule has 33 heavy (non-hydrogen) atoms. The zero-order valence-electron chi connectivity index (χ0n) is 19.0. The number of carbonyl (C=O) groups excluding carboxylic acids is 1. The van der Waals surface area contributed by atoms with Crippen molar-refractivity contribution in [1.82, 2.24) is 14.7 Å². The minimum absolute atomic E-state index is 0.129. The largest absolute Gasteiger partial charge is 0.338 e. The summed E-state index contributed by atoms with van der Waals surface area (Å²) in [6.07, 6.45) is 2.78. The number of benzene rings is 3. The van der Waals surface area contributed by atoms with Crippen LogP contribution >= 0.6 is 0 Å². The molecule has 0 bridgehead atoms. The Balaban J connectivity index is 1.37. The van der Waals surface area contributed by atoms with E-state index in [9.17, 15) is 4.79 Å². The Morgan fingerprint density at radius 3 is 2.06 bits per heavy atom. The molecule has 166 valence electrons. The van der Waals surface area contributed by atoms with Crippen LogP contribution in [0.1, 0.15) is 41.7 Å². The Hall–Kier alpha value is -3.66. The van der Waals surface area contributed by atoms with Crippen molar-refractivity contribution in [1.29, 1.82) is 0 Å². The molecule has 2 heterocycles. The Bertz CT molecular complexity index is 1200. The Morgan fingerprint density at radius 1 is 0.848 bits per heavy atom. The lowest BCUT2D eigenvalue weighted by Gasteiger charge is -2.33. The highest BCUT2D eigenvalue weighted by atomic mass is 16.2. The summed E-state index contributed by atoms with van der Waals surface area (Å²) in [5, 5.41) is 5.04. The molecule has 0 radical (unpaired) electrons. The summed E-state index contributed by atoms with van der Waals surface area (Å²) in [4.78, 5) is 15.0. The molecule has 0 N–H and O–H groups in total. The quantitative estimate of drug-likeness (QED) is 0.371. The Labute approximate surface area is 195 Å². The first-order valence-corrected chi connectivity index (χ1v) is 11.8. The van der Waals surface area contributed by atoms with Gasteiger partial charge in [-0.3, -0.25) is 9.48 Å². The van der Waals surface area contributed by atoms with Crippen LogP contribution in [-0.4, -0.2) is 33.7 Å². The maximum absolute atomic E-state index is 13.0. The standard InChI is InChI=1S/C29H29N3O/c1-2-22-13-15-25(16-14-22)29(33)31-19-17-26(18-20-31)32-28(24-11-7-4-8-12-24)21-27(30-32)23-9-5-3-6-10-23/h3-16,21,26H,2,17-20H2,1H3. The van der Waals surface area contributed by atoms with Gasteiger partial charge in [-0.05, 0) is 48.6 Å². The number of carbonyl (C=O) groups is 1. The van der Waals surface area contributed by atoms with Crippen molar-refractivity contribution in [3.8, 4) is 22.5 Å². The molecule has 1 amide bonds. The van der Waals surface area contributed by atoms with Gasteiger partial charge in [0, 0.05) is 24.2 Å². The third-order valence-corrected chi connectivity index (χ3v) is 6.58. The zero-order chi connectivity index (χ0) is 22.6. The normalized spacial score (nSPS) is 14.4. The summed E-state index contributed by atoms with van der Waals surface area (Å²) in [6, 6.07) is 31.3. The van der Waals surface area contributed by atoms with E-state index in [1.165, 1.54) is 11.1 Å². The van der Waals surface area contributed by atoms with Crippen LogP contribution in [0.25, 0.3) is 22.5 Å². The van der Waals surface area contributed by atoms with E-state index in [0.29, 0.717) is 0 Å². The van der Waals surface area contributed by atoms with E-state index < -0.39 is 0 Å². The van der Waals surface area contributed by atoms with Crippen LogP contribution in [0.15, 0.2) is 91.0 Å². The molecule has 1 aromatic heterocycles. The molecular formula is C29H29N3O. The minimum atomic E-state index is 0.129. The third-order valence-electron chi connectivity index (χ3n) is 6.58. The molecule has 4 nitrogen and oxygen atoms in total. The Kier molecular flexibility index (Phi) is 6.07. The van der Waals surface area contributed by atoms with Crippen LogP contribution in [0.3, 0.4) is 0 Å². The van der Waals surface area contributed by atoms with Crippen molar-refractivity contribution in [2.45, 2.75) is 32.2 Å². The number of amides is 1. The molecule has 5 rings (SSSR count). The number of rotatable bonds is 5. The molecule has 4 heteroatoms. The summed E-state index contributed by atoms with van der Waals surface area (Å²) in [5.74, 6) is 0.129. The van der Waals surface area contributed by atoms with Crippen LogP contribution in [0.5, 0.6) is 0 Å². The van der Waals surface area contributed by atoms with Gasteiger partial charge in [0.2, 0.25) is 0 Å². The van der Waals surface area contributed by atoms with Gasteiger partial charge in [0.1, 0.15) is 0 Å². The first-order valence-electron chi connectivity index (χ1n) is 11.8. The maximum atomic E-state index is 13.0. The number of aromatic nitrogens is 2. The minimum Gasteiger partial charge on any atom is -0.338 e. The van der Waals surface area contributed by atoms with E-state index in [1.807, 2.05) is 41.3 Å². The van der Waals surface area contributed by atoms with E-state index in [2.05, 4.69) is 66.2 Å². The van der Waals surface area contributed by atoms with E-state index >= 15 is 0 Å². The van der Waals surface area contributed by atoms with Crippen molar-refractivity contribution < 1.29 is 4.79 Å². The van der Waals surface area contributed by atoms with Crippen molar-refractivity contribution in [2.24, 2.45) is 0 Å². The lowest BCUT2D eigenvalue weighted by molar-refractivity contribution is 0.0690. The summed E-state index contributed by atoms with van der Waals surface area (Å²) < 4.78 is 2.19. The lowest BCUT2D eigenvalue weighted by atomic mass is 10.0.